The molecule has 7 heteroatoms. The lowest BCUT2D eigenvalue weighted by Gasteiger charge is -2.09. The van der Waals surface area contributed by atoms with Gasteiger partial charge in [-0.05, 0) is 31.2 Å². The predicted molar refractivity (Wildman–Crippen MR) is 100 cm³/mol. The summed E-state index contributed by atoms with van der Waals surface area (Å²) < 4.78 is 34.5. The van der Waals surface area contributed by atoms with Gasteiger partial charge in [0.1, 0.15) is 0 Å². The fourth-order valence-corrected chi connectivity index (χ4v) is 3.30. The Bertz CT molecular complexity index is 930. The Hall–Kier alpha value is -2.25. The van der Waals surface area contributed by atoms with E-state index in [1.165, 1.54) is 19.2 Å². The molecule has 0 aliphatic carbocycles. The van der Waals surface area contributed by atoms with Crippen LogP contribution >= 0.6 is 15.9 Å². The summed E-state index contributed by atoms with van der Waals surface area (Å²) >= 11 is 3.31. The minimum Gasteiger partial charge on any atom is -0.465 e. The lowest BCUT2D eigenvalue weighted by atomic mass is 10.0. The zero-order chi connectivity index (χ0) is 18.6. The van der Waals surface area contributed by atoms with Crippen molar-refractivity contribution >= 4 is 37.6 Å². The van der Waals surface area contributed by atoms with Crippen LogP contribution in [-0.4, -0.2) is 27.2 Å². The standard InChI is InChI=1S/C18H16BrNO4S/c1-12-4-10-16(11-5-12)25(22,23)20-17(13(2)18(21)24-3)14-6-8-15(19)9-7-14/h4-11H,2H2,1,3H3/b20-17-. The first-order chi connectivity index (χ1) is 11.7. The average molecular weight is 422 g/mol. The number of carbonyl (C=O) groups excluding carboxylic acids is 1. The Balaban J connectivity index is 2.59. The van der Waals surface area contributed by atoms with E-state index in [1.54, 1.807) is 36.4 Å². The van der Waals surface area contributed by atoms with Crippen LogP contribution < -0.4 is 0 Å². The molecule has 0 heterocycles. The first-order valence-corrected chi connectivity index (χ1v) is 9.43. The van der Waals surface area contributed by atoms with Crippen molar-refractivity contribution in [1.29, 1.82) is 0 Å². The van der Waals surface area contributed by atoms with Gasteiger partial charge in [0.2, 0.25) is 0 Å². The van der Waals surface area contributed by atoms with E-state index in [-0.39, 0.29) is 16.2 Å². The molecule has 5 nitrogen and oxygen atoms in total. The molecule has 0 bridgehead atoms. The number of nitrogens with zero attached hydrogens (tertiary/aromatic N) is 1. The number of rotatable bonds is 5. The molecular formula is C18H16BrNO4S. The zero-order valence-corrected chi connectivity index (χ0v) is 16.1. The Kier molecular flexibility index (Phi) is 5.92. The maximum atomic E-state index is 12.6. The summed E-state index contributed by atoms with van der Waals surface area (Å²) in [6.07, 6.45) is 0. The lowest BCUT2D eigenvalue weighted by molar-refractivity contribution is -0.135. The molecule has 25 heavy (non-hydrogen) atoms. The number of esters is 1. The highest BCUT2D eigenvalue weighted by Gasteiger charge is 2.21. The van der Waals surface area contributed by atoms with Crippen LogP contribution in [-0.2, 0) is 19.6 Å². The molecule has 0 saturated carbocycles. The number of sulfonamides is 1. The van der Waals surface area contributed by atoms with Crippen LogP contribution in [0.2, 0.25) is 0 Å². The Morgan fingerprint density at radius 2 is 1.64 bits per heavy atom. The number of aryl methyl sites for hydroxylation is 1. The van der Waals surface area contributed by atoms with Crippen LogP contribution in [0.4, 0.5) is 0 Å². The molecule has 0 aliphatic rings. The van der Waals surface area contributed by atoms with E-state index in [1.807, 2.05) is 6.92 Å². The van der Waals surface area contributed by atoms with Gasteiger partial charge in [-0.1, -0.05) is 52.3 Å². The molecule has 0 N–H and O–H groups in total. The van der Waals surface area contributed by atoms with Crippen molar-refractivity contribution in [1.82, 2.24) is 0 Å². The van der Waals surface area contributed by atoms with Crippen LogP contribution in [0.3, 0.4) is 0 Å². The first kappa shape index (κ1) is 19.1. The number of ether oxygens (including phenoxy) is 1. The van der Waals surface area contributed by atoms with Crippen molar-refractivity contribution in [2.24, 2.45) is 4.40 Å². The maximum Gasteiger partial charge on any atom is 0.339 e. The molecule has 0 fully saturated rings. The van der Waals surface area contributed by atoms with Gasteiger partial charge < -0.3 is 4.74 Å². The normalized spacial score (nSPS) is 11.9. The summed E-state index contributed by atoms with van der Waals surface area (Å²) in [5.74, 6) is -0.749. The third kappa shape index (κ3) is 4.64. The highest BCUT2D eigenvalue weighted by Crippen LogP contribution is 2.19. The van der Waals surface area contributed by atoms with Gasteiger partial charge >= 0.3 is 5.97 Å². The average Bonchev–Trinajstić information content (AvgIpc) is 2.59. The second-order valence-electron chi connectivity index (χ2n) is 5.21. The molecule has 2 rings (SSSR count). The molecule has 0 radical (unpaired) electrons. The molecular weight excluding hydrogens is 406 g/mol. The van der Waals surface area contributed by atoms with E-state index in [4.69, 9.17) is 0 Å². The smallest absolute Gasteiger partial charge is 0.339 e. The fourth-order valence-electron chi connectivity index (χ4n) is 1.99. The Morgan fingerprint density at radius 3 is 2.16 bits per heavy atom. The van der Waals surface area contributed by atoms with Crippen LogP contribution in [0.15, 0.2) is 74.4 Å². The maximum absolute atomic E-state index is 12.6. The quantitative estimate of drug-likeness (QED) is 0.419. The van der Waals surface area contributed by atoms with Gasteiger partial charge in [-0.2, -0.15) is 12.8 Å². The van der Waals surface area contributed by atoms with Crippen LogP contribution in [0.5, 0.6) is 0 Å². The van der Waals surface area contributed by atoms with Crippen molar-refractivity contribution in [2.75, 3.05) is 7.11 Å². The number of benzene rings is 2. The van der Waals surface area contributed by atoms with Crippen LogP contribution in [0.1, 0.15) is 11.1 Å². The Labute approximate surface area is 155 Å². The molecule has 0 saturated heterocycles. The highest BCUT2D eigenvalue weighted by atomic mass is 79.9. The highest BCUT2D eigenvalue weighted by molar-refractivity contribution is 9.10. The van der Waals surface area contributed by atoms with Gasteiger partial charge in [-0.3, -0.25) is 0 Å². The van der Waals surface area contributed by atoms with E-state index >= 15 is 0 Å². The first-order valence-electron chi connectivity index (χ1n) is 7.20. The number of hydrogen-bond donors (Lipinski definition) is 0. The molecule has 0 aromatic heterocycles. The number of methoxy groups -OCH3 is 1. The molecule has 2 aromatic rings. The van der Waals surface area contributed by atoms with Crippen molar-refractivity contribution in [3.05, 3.63) is 76.3 Å². The Morgan fingerprint density at radius 1 is 1.08 bits per heavy atom. The number of hydrogen-bond acceptors (Lipinski definition) is 4. The summed E-state index contributed by atoms with van der Waals surface area (Å²) in [4.78, 5) is 11.9. The monoisotopic (exact) mass is 421 g/mol. The molecule has 0 amide bonds. The minimum atomic E-state index is -4.01. The van der Waals surface area contributed by atoms with Crippen molar-refractivity contribution in [3.8, 4) is 0 Å². The molecule has 0 aliphatic heterocycles. The van der Waals surface area contributed by atoms with Gasteiger partial charge in [0.05, 0.1) is 23.3 Å². The van der Waals surface area contributed by atoms with Gasteiger partial charge in [0.25, 0.3) is 10.0 Å². The molecule has 2 aromatic carbocycles. The zero-order valence-electron chi connectivity index (χ0n) is 13.7. The van der Waals surface area contributed by atoms with E-state index in [0.29, 0.717) is 5.56 Å². The van der Waals surface area contributed by atoms with E-state index in [2.05, 4.69) is 31.6 Å². The second kappa shape index (κ2) is 7.76. The number of carbonyl (C=O) groups is 1. The fraction of sp³-hybridized carbons (Fsp3) is 0.111. The van der Waals surface area contributed by atoms with Crippen molar-refractivity contribution < 1.29 is 17.9 Å². The van der Waals surface area contributed by atoms with E-state index in [9.17, 15) is 13.2 Å². The van der Waals surface area contributed by atoms with Gasteiger partial charge in [-0.25, -0.2) is 4.79 Å². The molecule has 0 atom stereocenters. The SMILES string of the molecule is C=C(C(=O)OC)/C(=N/S(=O)(=O)c1ccc(C)cc1)c1ccc(Br)cc1. The summed E-state index contributed by atoms with van der Waals surface area (Å²) in [5.41, 5.74) is 1.17. The second-order valence-corrected chi connectivity index (χ2v) is 7.72. The summed E-state index contributed by atoms with van der Waals surface area (Å²) in [7, 11) is -2.82. The summed E-state index contributed by atoms with van der Waals surface area (Å²) in [6.45, 7) is 5.49. The molecule has 0 spiro atoms. The van der Waals surface area contributed by atoms with E-state index in [0.717, 1.165) is 10.0 Å². The van der Waals surface area contributed by atoms with Crippen LogP contribution in [0, 0.1) is 6.92 Å². The third-order valence-electron chi connectivity index (χ3n) is 3.37. The topological polar surface area (TPSA) is 72.8 Å². The lowest BCUT2D eigenvalue weighted by Crippen LogP contribution is -2.16. The largest absolute Gasteiger partial charge is 0.465 e. The minimum absolute atomic E-state index is 0.0328. The van der Waals surface area contributed by atoms with Gasteiger partial charge in [0.15, 0.2) is 0 Å². The van der Waals surface area contributed by atoms with Crippen molar-refractivity contribution in [2.45, 2.75) is 11.8 Å². The predicted octanol–water partition coefficient (Wildman–Crippen LogP) is 3.66. The van der Waals surface area contributed by atoms with Crippen LogP contribution in [0.25, 0.3) is 0 Å². The third-order valence-corrected chi connectivity index (χ3v) is 5.19. The molecule has 0 unspecified atom stereocenters. The van der Waals surface area contributed by atoms with Crippen molar-refractivity contribution in [3.63, 3.8) is 0 Å². The molecule has 130 valence electrons. The number of halogens is 1. The van der Waals surface area contributed by atoms with Gasteiger partial charge in [0, 0.05) is 10.0 Å². The summed E-state index contributed by atoms with van der Waals surface area (Å²) in [5, 5.41) is 0. The van der Waals surface area contributed by atoms with Gasteiger partial charge in [-0.15, -0.1) is 0 Å². The summed E-state index contributed by atoms with van der Waals surface area (Å²) in [6, 6.07) is 13.0. The van der Waals surface area contributed by atoms with E-state index < -0.39 is 16.0 Å².